The summed E-state index contributed by atoms with van der Waals surface area (Å²) in [7, 11) is 0. The van der Waals surface area contributed by atoms with Crippen molar-refractivity contribution < 1.29 is 4.79 Å². The molecule has 0 bridgehead atoms. The highest BCUT2D eigenvalue weighted by atomic mass is 16.1. The number of hydrogen-bond donors (Lipinski definition) is 2. The molecular formula is C19H24N2O. The predicted molar refractivity (Wildman–Crippen MR) is 91.8 cm³/mol. The van der Waals surface area contributed by atoms with Crippen molar-refractivity contribution in [2.75, 3.05) is 0 Å². The zero-order valence-corrected chi connectivity index (χ0v) is 13.6. The lowest BCUT2D eigenvalue weighted by molar-refractivity contribution is 0.0950. The molecule has 0 radical (unpaired) electrons. The molecule has 0 spiro atoms. The molecule has 0 saturated carbocycles. The molecule has 3 heteroatoms. The quantitative estimate of drug-likeness (QED) is 0.816. The lowest BCUT2D eigenvalue weighted by Crippen LogP contribution is -2.23. The van der Waals surface area contributed by atoms with Gasteiger partial charge in [0.2, 0.25) is 0 Å². The minimum Gasteiger partial charge on any atom is -0.362 e. The van der Waals surface area contributed by atoms with Crippen molar-refractivity contribution in [2.24, 2.45) is 0 Å². The van der Waals surface area contributed by atoms with E-state index < -0.39 is 0 Å². The predicted octanol–water partition coefficient (Wildman–Crippen LogP) is 4.37. The zero-order chi connectivity index (χ0) is 16.1. The van der Waals surface area contributed by atoms with Crippen LogP contribution in [0.2, 0.25) is 0 Å². The average molecular weight is 296 g/mol. The van der Waals surface area contributed by atoms with E-state index in [0.29, 0.717) is 12.1 Å². The molecule has 1 aromatic heterocycles. The molecule has 1 heterocycles. The van der Waals surface area contributed by atoms with E-state index >= 15 is 0 Å². The Kier molecular flexibility index (Phi) is 5.21. The van der Waals surface area contributed by atoms with Crippen molar-refractivity contribution in [3.05, 3.63) is 65.0 Å². The number of allylic oxidation sites excluding steroid dienone is 1. The summed E-state index contributed by atoms with van der Waals surface area (Å²) in [6, 6.07) is 10.1. The molecule has 0 saturated heterocycles. The summed E-state index contributed by atoms with van der Waals surface area (Å²) in [5, 5.41) is 2.96. The maximum atomic E-state index is 12.2. The second-order valence-corrected chi connectivity index (χ2v) is 5.72. The zero-order valence-electron chi connectivity index (χ0n) is 13.6. The molecule has 0 unspecified atom stereocenters. The summed E-state index contributed by atoms with van der Waals surface area (Å²) >= 11 is 0. The summed E-state index contributed by atoms with van der Waals surface area (Å²) in [5.74, 6) is -0.0404. The normalized spacial score (nSPS) is 10.5. The van der Waals surface area contributed by atoms with Crippen LogP contribution in [0.25, 0.3) is 5.57 Å². The van der Waals surface area contributed by atoms with Crippen LogP contribution in [0.5, 0.6) is 0 Å². The van der Waals surface area contributed by atoms with Crippen LogP contribution in [0, 0.1) is 13.8 Å². The highest BCUT2D eigenvalue weighted by Crippen LogP contribution is 2.18. The SMILES string of the molecule is C=C(CCC)c1ccc(CNC(=O)c2cc(C)[nH]c2C)cc1. The van der Waals surface area contributed by atoms with Crippen LogP contribution in [0.1, 0.15) is 52.6 Å². The fraction of sp³-hybridized carbons (Fsp3) is 0.316. The van der Waals surface area contributed by atoms with E-state index in [-0.39, 0.29) is 5.91 Å². The van der Waals surface area contributed by atoms with Gasteiger partial charge in [-0.25, -0.2) is 0 Å². The monoisotopic (exact) mass is 296 g/mol. The number of aromatic amines is 1. The van der Waals surface area contributed by atoms with Gasteiger partial charge in [0.05, 0.1) is 5.56 Å². The van der Waals surface area contributed by atoms with Crippen LogP contribution in [0.4, 0.5) is 0 Å². The Morgan fingerprint density at radius 2 is 1.91 bits per heavy atom. The third-order valence-electron chi connectivity index (χ3n) is 3.76. The molecule has 0 aliphatic heterocycles. The third kappa shape index (κ3) is 3.88. The molecule has 2 rings (SSSR count). The van der Waals surface area contributed by atoms with E-state index in [4.69, 9.17) is 0 Å². The van der Waals surface area contributed by atoms with Crippen LogP contribution in [-0.4, -0.2) is 10.9 Å². The Balaban J connectivity index is 1.96. The number of amides is 1. The molecule has 2 N–H and O–H groups in total. The minimum atomic E-state index is -0.0404. The van der Waals surface area contributed by atoms with Gasteiger partial charge in [-0.3, -0.25) is 4.79 Å². The van der Waals surface area contributed by atoms with Crippen LogP contribution in [0.15, 0.2) is 36.9 Å². The van der Waals surface area contributed by atoms with Crippen molar-refractivity contribution in [3.63, 3.8) is 0 Å². The van der Waals surface area contributed by atoms with Crippen molar-refractivity contribution in [1.82, 2.24) is 10.3 Å². The van der Waals surface area contributed by atoms with Gasteiger partial charge in [-0.05, 0) is 43.0 Å². The molecule has 1 amide bonds. The van der Waals surface area contributed by atoms with Gasteiger partial charge in [-0.1, -0.05) is 44.2 Å². The number of H-pyrrole nitrogens is 1. The van der Waals surface area contributed by atoms with E-state index in [1.165, 1.54) is 5.56 Å². The molecule has 1 aromatic carbocycles. The molecule has 0 aliphatic rings. The number of aryl methyl sites for hydroxylation is 2. The Labute approximate surface area is 132 Å². The van der Waals surface area contributed by atoms with Crippen molar-refractivity contribution in [3.8, 4) is 0 Å². The first kappa shape index (κ1) is 16.1. The highest BCUT2D eigenvalue weighted by Gasteiger charge is 2.10. The number of carbonyl (C=O) groups excluding carboxylic acids is 1. The van der Waals surface area contributed by atoms with Gasteiger partial charge >= 0.3 is 0 Å². The Morgan fingerprint density at radius 3 is 2.45 bits per heavy atom. The fourth-order valence-corrected chi connectivity index (χ4v) is 2.54. The molecule has 116 valence electrons. The molecule has 2 aromatic rings. The number of benzene rings is 1. The van der Waals surface area contributed by atoms with Crippen LogP contribution in [0.3, 0.4) is 0 Å². The second kappa shape index (κ2) is 7.12. The van der Waals surface area contributed by atoms with Crippen LogP contribution < -0.4 is 5.32 Å². The highest BCUT2D eigenvalue weighted by molar-refractivity contribution is 5.95. The molecule has 3 nitrogen and oxygen atoms in total. The lowest BCUT2D eigenvalue weighted by atomic mass is 10.0. The summed E-state index contributed by atoms with van der Waals surface area (Å²) in [5.41, 5.74) is 6.05. The van der Waals surface area contributed by atoms with Crippen molar-refractivity contribution >= 4 is 11.5 Å². The Morgan fingerprint density at radius 1 is 1.23 bits per heavy atom. The summed E-state index contributed by atoms with van der Waals surface area (Å²) in [6.45, 7) is 10.6. The molecular weight excluding hydrogens is 272 g/mol. The molecule has 22 heavy (non-hydrogen) atoms. The largest absolute Gasteiger partial charge is 0.362 e. The van der Waals surface area contributed by atoms with E-state index in [1.54, 1.807) is 0 Å². The van der Waals surface area contributed by atoms with Crippen LogP contribution >= 0.6 is 0 Å². The van der Waals surface area contributed by atoms with Gasteiger partial charge in [-0.15, -0.1) is 0 Å². The Hall–Kier alpha value is -2.29. The van der Waals surface area contributed by atoms with Gasteiger partial charge in [-0.2, -0.15) is 0 Å². The van der Waals surface area contributed by atoms with Crippen molar-refractivity contribution in [1.29, 1.82) is 0 Å². The van der Waals surface area contributed by atoms with Gasteiger partial charge in [0.15, 0.2) is 0 Å². The first-order chi connectivity index (χ1) is 10.5. The first-order valence-corrected chi connectivity index (χ1v) is 7.72. The number of rotatable bonds is 6. The van der Waals surface area contributed by atoms with E-state index in [0.717, 1.165) is 35.4 Å². The molecule has 0 aliphatic carbocycles. The second-order valence-electron chi connectivity index (χ2n) is 5.72. The van der Waals surface area contributed by atoms with E-state index in [9.17, 15) is 4.79 Å². The van der Waals surface area contributed by atoms with Crippen LogP contribution in [-0.2, 0) is 6.54 Å². The first-order valence-electron chi connectivity index (χ1n) is 7.72. The van der Waals surface area contributed by atoms with Gasteiger partial charge < -0.3 is 10.3 Å². The maximum absolute atomic E-state index is 12.2. The summed E-state index contributed by atoms with van der Waals surface area (Å²) < 4.78 is 0. The molecule has 0 fully saturated rings. The summed E-state index contributed by atoms with van der Waals surface area (Å²) in [4.78, 5) is 15.3. The fourth-order valence-electron chi connectivity index (χ4n) is 2.54. The number of hydrogen-bond acceptors (Lipinski definition) is 1. The van der Waals surface area contributed by atoms with E-state index in [2.05, 4.69) is 35.9 Å². The molecule has 0 atom stereocenters. The number of aromatic nitrogens is 1. The van der Waals surface area contributed by atoms with E-state index in [1.807, 2.05) is 32.0 Å². The lowest BCUT2D eigenvalue weighted by Gasteiger charge is -2.08. The average Bonchev–Trinajstić information content (AvgIpc) is 2.84. The van der Waals surface area contributed by atoms with Gasteiger partial charge in [0.25, 0.3) is 5.91 Å². The number of carbonyl (C=O) groups is 1. The summed E-state index contributed by atoms with van der Waals surface area (Å²) in [6.07, 6.45) is 2.12. The topological polar surface area (TPSA) is 44.9 Å². The minimum absolute atomic E-state index is 0.0404. The third-order valence-corrected chi connectivity index (χ3v) is 3.76. The maximum Gasteiger partial charge on any atom is 0.253 e. The van der Waals surface area contributed by atoms with Crippen molar-refractivity contribution in [2.45, 2.75) is 40.2 Å². The Bertz CT molecular complexity index is 665. The number of nitrogens with one attached hydrogen (secondary N) is 2. The van der Waals surface area contributed by atoms with Gasteiger partial charge in [0, 0.05) is 17.9 Å². The van der Waals surface area contributed by atoms with Gasteiger partial charge in [0.1, 0.15) is 0 Å². The smallest absolute Gasteiger partial charge is 0.253 e. The standard InChI is InChI=1S/C19H24N2O/c1-5-6-13(2)17-9-7-16(8-10-17)12-20-19(22)18-11-14(3)21-15(18)4/h7-11,21H,2,5-6,12H2,1,3-4H3,(H,20,22).